The summed E-state index contributed by atoms with van der Waals surface area (Å²) in [6, 6.07) is 7.24. The fourth-order valence-electron chi connectivity index (χ4n) is 1.83. The Bertz CT molecular complexity index is 819. The Labute approximate surface area is 134 Å². The maximum Gasteiger partial charge on any atom is 0.257 e. The monoisotopic (exact) mass is 335 g/mol. The van der Waals surface area contributed by atoms with Crippen molar-refractivity contribution in [3.8, 4) is 0 Å². The largest absolute Gasteiger partial charge is 0.322 e. The molecule has 3 aromatic rings. The lowest BCUT2D eigenvalue weighted by Crippen LogP contribution is -2.12. The molecule has 0 saturated carbocycles. The fourth-order valence-corrected chi connectivity index (χ4v) is 3.56. The molecule has 106 valence electrons. The van der Waals surface area contributed by atoms with Crippen LogP contribution in [0.3, 0.4) is 0 Å². The normalized spacial score (nSPS) is 10.8. The Balaban J connectivity index is 1.87. The summed E-state index contributed by atoms with van der Waals surface area (Å²) >= 11 is 9.18. The highest BCUT2D eigenvalue weighted by Crippen LogP contribution is 2.30. The van der Waals surface area contributed by atoms with Crippen LogP contribution in [0.1, 0.15) is 10.4 Å². The van der Waals surface area contributed by atoms with Crippen LogP contribution in [0.5, 0.6) is 0 Å². The number of fused-ring (bicyclic) bond motifs is 1. The van der Waals surface area contributed by atoms with Gasteiger partial charge >= 0.3 is 0 Å². The van der Waals surface area contributed by atoms with Crippen molar-refractivity contribution in [2.75, 3.05) is 11.6 Å². The van der Waals surface area contributed by atoms with Gasteiger partial charge in [0.05, 0.1) is 20.8 Å². The van der Waals surface area contributed by atoms with Crippen LogP contribution < -0.4 is 5.32 Å². The first-order valence-electron chi connectivity index (χ1n) is 6.03. The number of anilines is 1. The first-order valence-corrected chi connectivity index (χ1v) is 8.45. The third-order valence-corrected chi connectivity index (χ3v) is 5.12. The zero-order valence-corrected chi connectivity index (χ0v) is 13.4. The molecule has 0 aliphatic carbocycles. The smallest absolute Gasteiger partial charge is 0.257 e. The van der Waals surface area contributed by atoms with Crippen molar-refractivity contribution in [1.82, 2.24) is 9.97 Å². The second kappa shape index (κ2) is 6.01. The van der Waals surface area contributed by atoms with E-state index in [0.29, 0.717) is 10.6 Å². The fraction of sp³-hybridized carbons (Fsp3) is 0.0714. The number of nitrogens with one attached hydrogen (secondary N) is 1. The molecule has 1 aromatic carbocycles. The van der Waals surface area contributed by atoms with E-state index in [1.54, 1.807) is 29.2 Å². The Kier molecular flexibility index (Phi) is 4.10. The number of halogens is 1. The Hall–Kier alpha value is -1.63. The van der Waals surface area contributed by atoms with Gasteiger partial charge in [0.1, 0.15) is 0 Å². The molecular weight excluding hydrogens is 326 g/mol. The molecule has 7 heteroatoms. The number of nitrogens with zero attached hydrogens (tertiary/aromatic N) is 2. The van der Waals surface area contributed by atoms with Crippen LogP contribution in [-0.4, -0.2) is 22.1 Å². The molecule has 1 N–H and O–H groups in total. The number of rotatable bonds is 3. The van der Waals surface area contributed by atoms with E-state index in [9.17, 15) is 4.79 Å². The molecular formula is C14H10ClN3OS2. The number of thiazole rings is 1. The molecule has 0 saturated heterocycles. The molecule has 2 heterocycles. The van der Waals surface area contributed by atoms with Crippen LogP contribution >= 0.6 is 34.7 Å². The molecule has 0 atom stereocenters. The van der Waals surface area contributed by atoms with Gasteiger partial charge in [-0.3, -0.25) is 9.78 Å². The van der Waals surface area contributed by atoms with Crippen molar-refractivity contribution >= 4 is 56.5 Å². The lowest BCUT2D eigenvalue weighted by atomic mass is 10.2. The Morgan fingerprint density at radius 1 is 1.38 bits per heavy atom. The average molecular weight is 336 g/mol. The van der Waals surface area contributed by atoms with Gasteiger partial charge in [-0.15, -0.1) is 11.3 Å². The van der Waals surface area contributed by atoms with Gasteiger partial charge in [-0.1, -0.05) is 23.4 Å². The number of amides is 1. The standard InChI is InChI=1S/C14H10ClN3OS2/c1-20-14-18-11-3-2-8(6-12(11)21-14)17-13(19)9-4-5-16-7-10(9)15/h2-7H,1H3,(H,17,19). The number of hydrogen-bond donors (Lipinski definition) is 1. The van der Waals surface area contributed by atoms with Gasteiger partial charge in [-0.25, -0.2) is 4.98 Å². The van der Waals surface area contributed by atoms with E-state index < -0.39 is 0 Å². The minimum absolute atomic E-state index is 0.253. The van der Waals surface area contributed by atoms with Gasteiger partial charge in [-0.2, -0.15) is 0 Å². The highest BCUT2D eigenvalue weighted by molar-refractivity contribution is 8.00. The second-order valence-corrected chi connectivity index (χ2v) is 6.67. The van der Waals surface area contributed by atoms with Gasteiger partial charge in [0.2, 0.25) is 0 Å². The van der Waals surface area contributed by atoms with E-state index in [1.807, 2.05) is 24.5 Å². The summed E-state index contributed by atoms with van der Waals surface area (Å²) in [5.74, 6) is -0.253. The number of pyridine rings is 1. The van der Waals surface area contributed by atoms with E-state index >= 15 is 0 Å². The molecule has 21 heavy (non-hydrogen) atoms. The summed E-state index contributed by atoms with van der Waals surface area (Å²) < 4.78 is 2.05. The molecule has 0 bridgehead atoms. The van der Waals surface area contributed by atoms with Crippen molar-refractivity contribution < 1.29 is 4.79 Å². The molecule has 3 rings (SSSR count). The van der Waals surface area contributed by atoms with E-state index in [2.05, 4.69) is 15.3 Å². The topological polar surface area (TPSA) is 54.9 Å². The number of aromatic nitrogens is 2. The first-order chi connectivity index (χ1) is 10.2. The zero-order chi connectivity index (χ0) is 14.8. The number of benzene rings is 1. The lowest BCUT2D eigenvalue weighted by molar-refractivity contribution is 0.102. The van der Waals surface area contributed by atoms with E-state index in [4.69, 9.17) is 11.6 Å². The van der Waals surface area contributed by atoms with Crippen molar-refractivity contribution in [3.05, 3.63) is 47.2 Å². The zero-order valence-electron chi connectivity index (χ0n) is 11.0. The predicted octanol–water partition coefficient (Wildman–Crippen LogP) is 4.32. The number of carbonyl (C=O) groups is 1. The minimum Gasteiger partial charge on any atom is -0.322 e. The Morgan fingerprint density at radius 3 is 3.00 bits per heavy atom. The van der Waals surface area contributed by atoms with Crippen LogP contribution in [-0.2, 0) is 0 Å². The molecule has 4 nitrogen and oxygen atoms in total. The van der Waals surface area contributed by atoms with Gasteiger partial charge < -0.3 is 5.32 Å². The summed E-state index contributed by atoms with van der Waals surface area (Å²) in [5.41, 5.74) is 2.06. The SMILES string of the molecule is CSc1nc2ccc(NC(=O)c3ccncc3Cl)cc2s1. The second-order valence-electron chi connectivity index (χ2n) is 4.18. The number of hydrogen-bond acceptors (Lipinski definition) is 5. The molecule has 1 amide bonds. The van der Waals surface area contributed by atoms with Crippen molar-refractivity contribution in [2.45, 2.75) is 4.34 Å². The summed E-state index contributed by atoms with van der Waals surface area (Å²) in [4.78, 5) is 20.5. The van der Waals surface area contributed by atoms with Crippen molar-refractivity contribution in [2.24, 2.45) is 0 Å². The van der Waals surface area contributed by atoms with Crippen molar-refractivity contribution in [1.29, 1.82) is 0 Å². The van der Waals surface area contributed by atoms with Crippen LogP contribution in [0.15, 0.2) is 41.0 Å². The maximum atomic E-state index is 12.2. The van der Waals surface area contributed by atoms with Crippen LogP contribution in [0.2, 0.25) is 5.02 Å². The average Bonchev–Trinajstić information content (AvgIpc) is 2.90. The van der Waals surface area contributed by atoms with Crippen molar-refractivity contribution in [3.63, 3.8) is 0 Å². The molecule has 2 aromatic heterocycles. The number of carbonyl (C=O) groups excluding carboxylic acids is 1. The summed E-state index contributed by atoms with van der Waals surface area (Å²) in [7, 11) is 0. The van der Waals surface area contributed by atoms with E-state index in [1.165, 1.54) is 12.4 Å². The summed E-state index contributed by atoms with van der Waals surface area (Å²) in [6.07, 6.45) is 4.98. The highest BCUT2D eigenvalue weighted by atomic mass is 35.5. The highest BCUT2D eigenvalue weighted by Gasteiger charge is 2.11. The third kappa shape index (κ3) is 3.02. The van der Waals surface area contributed by atoms with Crippen LogP contribution in [0.4, 0.5) is 5.69 Å². The van der Waals surface area contributed by atoms with Crippen LogP contribution in [0.25, 0.3) is 10.2 Å². The van der Waals surface area contributed by atoms with Gasteiger partial charge in [0.15, 0.2) is 4.34 Å². The first kappa shape index (κ1) is 14.3. The molecule has 0 fully saturated rings. The molecule has 0 aliphatic heterocycles. The van der Waals surface area contributed by atoms with E-state index in [0.717, 1.165) is 20.2 Å². The molecule has 0 spiro atoms. The molecule has 0 unspecified atom stereocenters. The predicted molar refractivity (Wildman–Crippen MR) is 88.6 cm³/mol. The molecule has 0 aliphatic rings. The molecule has 0 radical (unpaired) electrons. The Morgan fingerprint density at radius 2 is 2.24 bits per heavy atom. The quantitative estimate of drug-likeness (QED) is 0.724. The van der Waals surface area contributed by atoms with Gasteiger partial charge in [-0.05, 0) is 30.5 Å². The number of thioether (sulfide) groups is 1. The van der Waals surface area contributed by atoms with Crippen LogP contribution in [0, 0.1) is 0 Å². The van der Waals surface area contributed by atoms with E-state index in [-0.39, 0.29) is 5.91 Å². The lowest BCUT2D eigenvalue weighted by Gasteiger charge is -2.06. The maximum absolute atomic E-state index is 12.2. The van der Waals surface area contributed by atoms with Gasteiger partial charge in [0, 0.05) is 18.1 Å². The van der Waals surface area contributed by atoms with Gasteiger partial charge in [0.25, 0.3) is 5.91 Å². The third-order valence-electron chi connectivity index (χ3n) is 2.82. The summed E-state index contributed by atoms with van der Waals surface area (Å²) in [6.45, 7) is 0. The summed E-state index contributed by atoms with van der Waals surface area (Å²) in [5, 5.41) is 3.17. The minimum atomic E-state index is -0.253.